The van der Waals surface area contributed by atoms with Gasteiger partial charge in [-0.05, 0) is 24.6 Å². The molecular formula is C12H18FNO4S2. The van der Waals surface area contributed by atoms with Crippen LogP contribution in [0.4, 0.5) is 4.39 Å². The van der Waals surface area contributed by atoms with Gasteiger partial charge in [-0.25, -0.2) is 25.5 Å². The van der Waals surface area contributed by atoms with Crippen LogP contribution in [0.5, 0.6) is 0 Å². The van der Waals surface area contributed by atoms with Crippen LogP contribution in [0.15, 0.2) is 28.0 Å². The number of hydrogen-bond donors (Lipinski definition) is 0. The van der Waals surface area contributed by atoms with Gasteiger partial charge in [0.15, 0.2) is 9.84 Å². The zero-order valence-electron chi connectivity index (χ0n) is 11.6. The summed E-state index contributed by atoms with van der Waals surface area (Å²) in [7, 11) is -6.28. The third-order valence-electron chi connectivity index (χ3n) is 2.85. The number of unbranched alkanes of at least 4 members (excludes halogenated alkanes) is 1. The molecule has 0 radical (unpaired) electrons. The summed E-state index contributed by atoms with van der Waals surface area (Å²) >= 11 is 0. The first-order chi connectivity index (χ1) is 9.10. The fraction of sp³-hybridized carbons (Fsp3) is 0.500. The van der Waals surface area contributed by atoms with Gasteiger partial charge in [0.1, 0.15) is 10.7 Å². The summed E-state index contributed by atoms with van der Waals surface area (Å²) in [5.74, 6) is -0.958. The minimum absolute atomic E-state index is 0.221. The van der Waals surface area contributed by atoms with Gasteiger partial charge in [0.2, 0.25) is 10.0 Å². The molecule has 0 saturated heterocycles. The number of sulfonamides is 1. The van der Waals surface area contributed by atoms with Crippen LogP contribution in [-0.4, -0.2) is 41.0 Å². The van der Waals surface area contributed by atoms with E-state index in [2.05, 4.69) is 0 Å². The summed E-state index contributed by atoms with van der Waals surface area (Å²) in [6, 6.07) is 2.77. The zero-order valence-corrected chi connectivity index (χ0v) is 13.3. The second-order valence-corrected chi connectivity index (χ2v) is 8.57. The molecule has 0 bridgehead atoms. The van der Waals surface area contributed by atoms with Crippen LogP contribution >= 0.6 is 0 Å². The summed E-state index contributed by atoms with van der Waals surface area (Å²) < 4.78 is 62.1. The van der Waals surface area contributed by atoms with E-state index in [0.717, 1.165) is 35.2 Å². The highest BCUT2D eigenvalue weighted by Crippen LogP contribution is 2.22. The molecule has 114 valence electrons. The molecule has 0 aliphatic rings. The van der Waals surface area contributed by atoms with E-state index in [9.17, 15) is 21.2 Å². The Kier molecular flexibility index (Phi) is 5.28. The average Bonchev–Trinajstić information content (AvgIpc) is 2.34. The lowest BCUT2D eigenvalue weighted by atomic mass is 10.3. The van der Waals surface area contributed by atoms with E-state index >= 15 is 0 Å². The maximum atomic E-state index is 13.7. The second kappa shape index (κ2) is 6.19. The van der Waals surface area contributed by atoms with Gasteiger partial charge in [-0.3, -0.25) is 0 Å². The van der Waals surface area contributed by atoms with Crippen LogP contribution in [0.1, 0.15) is 19.8 Å². The summed E-state index contributed by atoms with van der Waals surface area (Å²) in [5, 5.41) is 0. The first-order valence-corrected chi connectivity index (χ1v) is 9.39. The van der Waals surface area contributed by atoms with E-state index in [0.29, 0.717) is 6.42 Å². The van der Waals surface area contributed by atoms with Crippen LogP contribution in [0.3, 0.4) is 0 Å². The SMILES string of the molecule is CCCCN(C)S(=O)(=O)c1cc(S(C)(=O)=O)ccc1F. The molecule has 0 amide bonds. The minimum atomic E-state index is -4.03. The number of hydrogen-bond acceptors (Lipinski definition) is 4. The van der Waals surface area contributed by atoms with Crippen LogP contribution in [0, 0.1) is 5.82 Å². The number of nitrogens with zero attached hydrogens (tertiary/aromatic N) is 1. The Labute approximate surface area is 119 Å². The van der Waals surface area contributed by atoms with Crippen molar-refractivity contribution in [1.29, 1.82) is 0 Å². The molecular weight excluding hydrogens is 305 g/mol. The molecule has 1 aromatic rings. The molecule has 1 rings (SSSR count). The highest BCUT2D eigenvalue weighted by atomic mass is 32.2. The van der Waals surface area contributed by atoms with E-state index in [1.54, 1.807) is 0 Å². The predicted octanol–water partition coefficient (Wildman–Crippen LogP) is 1.65. The van der Waals surface area contributed by atoms with Crippen molar-refractivity contribution in [2.75, 3.05) is 19.8 Å². The third-order valence-corrected chi connectivity index (χ3v) is 5.83. The summed E-state index contributed by atoms with van der Waals surface area (Å²) in [4.78, 5) is -0.833. The Morgan fingerprint density at radius 1 is 1.20 bits per heavy atom. The number of rotatable bonds is 6. The Balaban J connectivity index is 3.31. The van der Waals surface area contributed by atoms with Gasteiger partial charge >= 0.3 is 0 Å². The smallest absolute Gasteiger partial charge is 0.224 e. The maximum Gasteiger partial charge on any atom is 0.245 e. The van der Waals surface area contributed by atoms with Gasteiger partial charge in [-0.2, -0.15) is 0 Å². The van der Waals surface area contributed by atoms with E-state index in [-0.39, 0.29) is 11.4 Å². The van der Waals surface area contributed by atoms with Gasteiger partial charge in [0, 0.05) is 19.8 Å². The predicted molar refractivity (Wildman–Crippen MR) is 74.2 cm³/mol. The fourth-order valence-corrected chi connectivity index (χ4v) is 3.60. The van der Waals surface area contributed by atoms with Crippen LogP contribution in [0.25, 0.3) is 0 Å². The quantitative estimate of drug-likeness (QED) is 0.746. The van der Waals surface area contributed by atoms with Crippen molar-refractivity contribution in [3.8, 4) is 0 Å². The molecule has 5 nitrogen and oxygen atoms in total. The van der Waals surface area contributed by atoms with E-state index in [1.807, 2.05) is 6.92 Å². The van der Waals surface area contributed by atoms with Gasteiger partial charge in [-0.1, -0.05) is 13.3 Å². The largest absolute Gasteiger partial charge is 0.245 e. The molecule has 0 fully saturated rings. The van der Waals surface area contributed by atoms with Gasteiger partial charge < -0.3 is 0 Å². The van der Waals surface area contributed by atoms with Crippen LogP contribution < -0.4 is 0 Å². The molecule has 1 aromatic carbocycles. The fourth-order valence-electron chi connectivity index (χ4n) is 1.58. The lowest BCUT2D eigenvalue weighted by molar-refractivity contribution is 0.453. The Hall–Kier alpha value is -0.990. The van der Waals surface area contributed by atoms with Gasteiger partial charge in [-0.15, -0.1) is 0 Å². The topological polar surface area (TPSA) is 71.5 Å². The lowest BCUT2D eigenvalue weighted by Gasteiger charge is -2.17. The van der Waals surface area contributed by atoms with Crippen LogP contribution in [-0.2, 0) is 19.9 Å². The molecule has 0 atom stereocenters. The van der Waals surface area contributed by atoms with Crippen molar-refractivity contribution >= 4 is 19.9 Å². The zero-order chi connectivity index (χ0) is 15.6. The highest BCUT2D eigenvalue weighted by molar-refractivity contribution is 7.91. The standard InChI is InChI=1S/C12H18FNO4S2/c1-4-5-8-14(2)20(17,18)12-9-10(19(3,15)16)6-7-11(12)13/h6-7,9H,4-5,8H2,1-3H3. The minimum Gasteiger partial charge on any atom is -0.224 e. The first kappa shape index (κ1) is 17.1. The molecule has 0 N–H and O–H groups in total. The first-order valence-electron chi connectivity index (χ1n) is 6.06. The Morgan fingerprint density at radius 2 is 1.80 bits per heavy atom. The summed E-state index contributed by atoms with van der Waals surface area (Å²) in [5.41, 5.74) is 0. The molecule has 0 aliphatic carbocycles. The van der Waals surface area contributed by atoms with Gasteiger partial charge in [0.05, 0.1) is 4.90 Å². The molecule has 0 aliphatic heterocycles. The number of sulfone groups is 1. The molecule has 8 heteroatoms. The molecule has 0 unspecified atom stereocenters. The normalized spacial score (nSPS) is 12.8. The summed E-state index contributed by atoms with van der Waals surface area (Å²) in [6.07, 6.45) is 2.38. The van der Waals surface area contributed by atoms with Crippen LogP contribution in [0.2, 0.25) is 0 Å². The number of halogens is 1. The van der Waals surface area contributed by atoms with E-state index in [1.165, 1.54) is 7.05 Å². The van der Waals surface area contributed by atoms with Crippen molar-refractivity contribution < 1.29 is 21.2 Å². The Morgan fingerprint density at radius 3 is 2.30 bits per heavy atom. The lowest BCUT2D eigenvalue weighted by Crippen LogP contribution is -2.28. The molecule has 0 aromatic heterocycles. The maximum absolute atomic E-state index is 13.7. The van der Waals surface area contributed by atoms with E-state index in [4.69, 9.17) is 0 Å². The molecule has 0 saturated carbocycles. The third kappa shape index (κ3) is 3.77. The number of benzene rings is 1. The van der Waals surface area contributed by atoms with E-state index < -0.39 is 30.6 Å². The summed E-state index contributed by atoms with van der Waals surface area (Å²) in [6.45, 7) is 2.16. The monoisotopic (exact) mass is 323 g/mol. The Bertz CT molecular complexity index is 683. The molecule has 0 heterocycles. The molecule has 20 heavy (non-hydrogen) atoms. The second-order valence-electron chi connectivity index (χ2n) is 4.54. The van der Waals surface area contributed by atoms with Crippen molar-refractivity contribution in [2.45, 2.75) is 29.6 Å². The van der Waals surface area contributed by atoms with Crippen molar-refractivity contribution in [3.05, 3.63) is 24.0 Å². The van der Waals surface area contributed by atoms with Crippen molar-refractivity contribution in [1.82, 2.24) is 4.31 Å². The molecule has 0 spiro atoms. The average molecular weight is 323 g/mol. The van der Waals surface area contributed by atoms with Gasteiger partial charge in [0.25, 0.3) is 0 Å². The highest BCUT2D eigenvalue weighted by Gasteiger charge is 2.25. The van der Waals surface area contributed by atoms with Crippen molar-refractivity contribution in [3.63, 3.8) is 0 Å². The van der Waals surface area contributed by atoms with Crippen molar-refractivity contribution in [2.24, 2.45) is 0 Å².